The van der Waals surface area contributed by atoms with E-state index in [1.165, 1.54) is 23.8 Å². The summed E-state index contributed by atoms with van der Waals surface area (Å²) in [5.74, 6) is 0.0624. The van der Waals surface area contributed by atoms with Gasteiger partial charge in [0, 0.05) is 49.4 Å². The molecule has 2 fully saturated rings. The Morgan fingerprint density at radius 3 is 2.63 bits per heavy atom. The number of carbonyl (C=O) groups excluding carboxylic acids is 2. The number of rotatable bonds is 2. The average Bonchev–Trinajstić information content (AvgIpc) is 3.15. The molecule has 0 bridgehead atoms. The van der Waals surface area contributed by atoms with E-state index in [0.717, 1.165) is 12.0 Å². The summed E-state index contributed by atoms with van der Waals surface area (Å²) in [5, 5.41) is 6.20. The molecule has 2 aromatic rings. The van der Waals surface area contributed by atoms with Crippen LogP contribution in [-0.4, -0.2) is 47.7 Å². The van der Waals surface area contributed by atoms with Gasteiger partial charge < -0.3 is 20.4 Å². The van der Waals surface area contributed by atoms with Crippen LogP contribution in [0.25, 0.3) is 0 Å². The van der Waals surface area contributed by atoms with Crippen LogP contribution in [0.4, 0.5) is 20.7 Å². The lowest BCUT2D eigenvalue weighted by Crippen LogP contribution is -2.67. The Morgan fingerprint density at radius 2 is 1.87 bits per heavy atom. The Balaban J connectivity index is 1.28. The molecule has 8 nitrogen and oxygen atoms in total. The number of benzene rings is 1. The number of hydrogen-bond donors (Lipinski definition) is 2. The Labute approximate surface area is 220 Å². The summed E-state index contributed by atoms with van der Waals surface area (Å²) in [6, 6.07) is 7.51. The number of nitrogens with zero attached hydrogens (tertiary/aromatic N) is 3. The molecule has 2 N–H and O–H groups in total. The second-order valence-electron chi connectivity index (χ2n) is 11.4. The number of anilines is 2. The fourth-order valence-electron chi connectivity index (χ4n) is 6.51. The maximum Gasteiger partial charge on any atom is 0.315 e. The van der Waals surface area contributed by atoms with Crippen LogP contribution in [0, 0.1) is 5.82 Å². The summed E-state index contributed by atoms with van der Waals surface area (Å²) in [6.07, 6.45) is 8.39. The van der Waals surface area contributed by atoms with Crippen molar-refractivity contribution in [3.63, 3.8) is 0 Å². The van der Waals surface area contributed by atoms with E-state index in [4.69, 9.17) is 0 Å². The predicted octanol–water partition coefficient (Wildman–Crippen LogP) is 3.37. The molecule has 1 spiro atoms. The minimum atomic E-state index is -0.416. The zero-order chi connectivity index (χ0) is 26.8. The van der Waals surface area contributed by atoms with Crippen LogP contribution in [0.15, 0.2) is 58.9 Å². The molecule has 1 unspecified atom stereocenters. The quantitative estimate of drug-likeness (QED) is 0.640. The van der Waals surface area contributed by atoms with E-state index in [-0.39, 0.29) is 29.4 Å². The van der Waals surface area contributed by atoms with Crippen molar-refractivity contribution in [2.45, 2.75) is 50.1 Å². The number of carbonyl (C=O) groups is 2. The zero-order valence-electron chi connectivity index (χ0n) is 21.9. The van der Waals surface area contributed by atoms with Gasteiger partial charge >= 0.3 is 6.03 Å². The van der Waals surface area contributed by atoms with Crippen molar-refractivity contribution < 1.29 is 14.0 Å². The smallest absolute Gasteiger partial charge is 0.315 e. The van der Waals surface area contributed by atoms with Gasteiger partial charge in [-0.05, 0) is 54.7 Å². The summed E-state index contributed by atoms with van der Waals surface area (Å²) in [4.78, 5) is 42.9. The monoisotopic (exact) mass is 517 g/mol. The van der Waals surface area contributed by atoms with Gasteiger partial charge in [-0.15, -0.1) is 0 Å². The van der Waals surface area contributed by atoms with Crippen molar-refractivity contribution >= 4 is 23.4 Å². The van der Waals surface area contributed by atoms with E-state index in [1.807, 2.05) is 19.9 Å². The molecule has 1 aromatic carbocycles. The number of fused-ring (bicyclic) bond motifs is 3. The third-order valence-electron chi connectivity index (χ3n) is 8.57. The van der Waals surface area contributed by atoms with Gasteiger partial charge in [0.2, 0.25) is 0 Å². The van der Waals surface area contributed by atoms with Crippen LogP contribution in [0.5, 0.6) is 0 Å². The molecule has 9 heteroatoms. The van der Waals surface area contributed by atoms with Crippen molar-refractivity contribution in [3.05, 3.63) is 81.4 Å². The topological polar surface area (TPSA) is 86.7 Å². The van der Waals surface area contributed by atoms with E-state index < -0.39 is 11.0 Å². The van der Waals surface area contributed by atoms with Crippen LogP contribution >= 0.6 is 0 Å². The predicted molar refractivity (Wildman–Crippen MR) is 144 cm³/mol. The first-order valence-corrected chi connectivity index (χ1v) is 13.1. The first-order valence-electron chi connectivity index (χ1n) is 13.1. The maximum atomic E-state index is 14.0. The lowest BCUT2D eigenvalue weighted by molar-refractivity contribution is 0.0985. The molecule has 198 valence electrons. The number of allylic oxidation sites excluding steroid dienone is 2. The van der Waals surface area contributed by atoms with E-state index in [9.17, 15) is 18.8 Å². The van der Waals surface area contributed by atoms with Crippen LogP contribution in [0.1, 0.15) is 49.0 Å². The van der Waals surface area contributed by atoms with Crippen molar-refractivity contribution in [3.8, 4) is 0 Å². The summed E-state index contributed by atoms with van der Waals surface area (Å²) >= 11 is 0. The van der Waals surface area contributed by atoms with E-state index in [0.29, 0.717) is 49.5 Å². The van der Waals surface area contributed by atoms with Gasteiger partial charge in [-0.1, -0.05) is 32.1 Å². The standard InChI is InChI=1S/C29H32FN5O3/c1-28(2)17-35(23-9-8-19(30)16-21(23)28)26(37)18-14-24(33(3)25(36)15-18)34-12-10-29(11-13-34)20-6-4-5-7-22(20)31-27(38)32-29/h4-6,8-9,14-16,22H,7,10-13,17H2,1-3H3,(H2,31,32,38). The molecule has 2 saturated heterocycles. The van der Waals surface area contributed by atoms with Gasteiger partial charge in [0.25, 0.3) is 11.5 Å². The molecular weight excluding hydrogens is 485 g/mol. The Morgan fingerprint density at radius 1 is 1.11 bits per heavy atom. The molecule has 1 aliphatic carbocycles. The van der Waals surface area contributed by atoms with Crippen molar-refractivity contribution in [1.29, 1.82) is 0 Å². The zero-order valence-corrected chi connectivity index (χ0v) is 21.9. The number of piperidine rings is 1. The van der Waals surface area contributed by atoms with E-state index in [1.54, 1.807) is 28.6 Å². The molecule has 0 saturated carbocycles. The summed E-state index contributed by atoms with van der Waals surface area (Å²) in [7, 11) is 1.71. The molecule has 6 rings (SSSR count). The SMILES string of the molecule is Cn1c(N2CCC3(CC2)NC(=O)NC2CC=CC=C23)cc(C(=O)N2CC(C)(C)c3cc(F)ccc32)cc1=O. The first-order chi connectivity index (χ1) is 18.1. The van der Waals surface area contributed by atoms with Crippen LogP contribution in [-0.2, 0) is 12.5 Å². The number of nitrogens with one attached hydrogen (secondary N) is 2. The number of amides is 3. The van der Waals surface area contributed by atoms with Crippen LogP contribution < -0.4 is 26.0 Å². The highest BCUT2D eigenvalue weighted by molar-refractivity contribution is 6.08. The largest absolute Gasteiger partial charge is 0.358 e. The molecular formula is C29H32FN5O3. The molecule has 3 amide bonds. The number of urea groups is 1. The molecule has 0 radical (unpaired) electrons. The van der Waals surface area contributed by atoms with Crippen molar-refractivity contribution in [2.75, 3.05) is 29.4 Å². The molecule has 38 heavy (non-hydrogen) atoms. The number of aromatic nitrogens is 1. The summed E-state index contributed by atoms with van der Waals surface area (Å²) in [5.41, 5.74) is 1.88. The Kier molecular flexibility index (Phi) is 5.52. The van der Waals surface area contributed by atoms with Gasteiger partial charge in [0.15, 0.2) is 0 Å². The average molecular weight is 518 g/mol. The van der Waals surface area contributed by atoms with Crippen molar-refractivity contribution in [1.82, 2.24) is 15.2 Å². The maximum absolute atomic E-state index is 14.0. The van der Waals surface area contributed by atoms with Crippen LogP contribution in [0.3, 0.4) is 0 Å². The van der Waals surface area contributed by atoms with E-state index in [2.05, 4.69) is 27.7 Å². The molecule has 4 heterocycles. The lowest BCUT2D eigenvalue weighted by Gasteiger charge is -2.49. The third-order valence-corrected chi connectivity index (χ3v) is 8.57. The van der Waals surface area contributed by atoms with Crippen LogP contribution in [0.2, 0.25) is 0 Å². The fraction of sp³-hybridized carbons (Fsp3) is 0.414. The van der Waals surface area contributed by atoms with Gasteiger partial charge in [0.1, 0.15) is 11.6 Å². The second kappa shape index (κ2) is 8.58. The highest BCUT2D eigenvalue weighted by Crippen LogP contribution is 2.42. The second-order valence-corrected chi connectivity index (χ2v) is 11.4. The number of pyridine rings is 1. The highest BCUT2D eigenvalue weighted by Gasteiger charge is 2.46. The Bertz CT molecular complexity index is 1470. The van der Waals surface area contributed by atoms with Gasteiger partial charge in [0.05, 0.1) is 11.6 Å². The normalized spacial score (nSPS) is 22.9. The fourth-order valence-corrected chi connectivity index (χ4v) is 6.51. The Hall–Kier alpha value is -3.88. The first kappa shape index (κ1) is 24.5. The van der Waals surface area contributed by atoms with Gasteiger partial charge in [-0.25, -0.2) is 9.18 Å². The molecule has 1 aromatic heterocycles. The van der Waals surface area contributed by atoms with Gasteiger partial charge in [-0.3, -0.25) is 14.2 Å². The molecule has 3 aliphatic heterocycles. The number of hydrogen-bond acceptors (Lipinski definition) is 4. The summed E-state index contributed by atoms with van der Waals surface area (Å²) in [6.45, 7) is 5.62. The van der Waals surface area contributed by atoms with E-state index >= 15 is 0 Å². The molecule has 1 atom stereocenters. The highest BCUT2D eigenvalue weighted by atomic mass is 19.1. The number of halogens is 1. The molecule has 4 aliphatic rings. The lowest BCUT2D eigenvalue weighted by atomic mass is 9.74. The third kappa shape index (κ3) is 3.83. The van der Waals surface area contributed by atoms with Crippen molar-refractivity contribution in [2.24, 2.45) is 7.05 Å². The summed E-state index contributed by atoms with van der Waals surface area (Å²) < 4.78 is 15.5. The van der Waals surface area contributed by atoms with Gasteiger partial charge in [-0.2, -0.15) is 0 Å². The minimum Gasteiger partial charge on any atom is -0.358 e. The minimum absolute atomic E-state index is 0.00618.